The first-order valence-electron chi connectivity index (χ1n) is 6.42. The van der Waals surface area contributed by atoms with Gasteiger partial charge in [0.15, 0.2) is 0 Å². The Morgan fingerprint density at radius 2 is 2.11 bits per heavy atom. The fourth-order valence-electron chi connectivity index (χ4n) is 1.79. The van der Waals surface area contributed by atoms with E-state index in [0.717, 1.165) is 40.7 Å². The Labute approximate surface area is 119 Å². The van der Waals surface area contributed by atoms with Crippen molar-refractivity contribution in [2.24, 2.45) is 0 Å². The molecule has 0 saturated carbocycles. The van der Waals surface area contributed by atoms with Crippen LogP contribution in [0.5, 0.6) is 0 Å². The van der Waals surface area contributed by atoms with Crippen LogP contribution in [0.15, 0.2) is 36.5 Å². The predicted molar refractivity (Wildman–Crippen MR) is 82.5 cm³/mol. The summed E-state index contributed by atoms with van der Waals surface area (Å²) in [5, 5.41) is 7.33. The Kier molecular flexibility index (Phi) is 4.63. The zero-order valence-corrected chi connectivity index (χ0v) is 12.0. The van der Waals surface area contributed by atoms with Crippen molar-refractivity contribution in [1.29, 1.82) is 0 Å². The van der Waals surface area contributed by atoms with Crippen LogP contribution in [-0.2, 0) is 0 Å². The summed E-state index contributed by atoms with van der Waals surface area (Å²) in [6, 6.07) is 9.78. The minimum Gasteiger partial charge on any atom is -0.370 e. The lowest BCUT2D eigenvalue weighted by Gasteiger charge is -2.12. The summed E-state index contributed by atoms with van der Waals surface area (Å²) < 4.78 is 0. The smallest absolute Gasteiger partial charge is 0.127 e. The van der Waals surface area contributed by atoms with Gasteiger partial charge in [0.2, 0.25) is 0 Å². The van der Waals surface area contributed by atoms with Gasteiger partial charge in [-0.3, -0.25) is 0 Å². The highest BCUT2D eigenvalue weighted by atomic mass is 35.5. The van der Waals surface area contributed by atoms with Gasteiger partial charge in [-0.15, -0.1) is 0 Å². The van der Waals surface area contributed by atoms with E-state index >= 15 is 0 Å². The molecule has 3 nitrogen and oxygen atoms in total. The quantitative estimate of drug-likeness (QED) is 0.837. The van der Waals surface area contributed by atoms with Crippen LogP contribution in [0.4, 0.5) is 17.2 Å². The maximum Gasteiger partial charge on any atom is 0.127 e. The summed E-state index contributed by atoms with van der Waals surface area (Å²) in [5.74, 6) is 0.872. The summed E-state index contributed by atoms with van der Waals surface area (Å²) >= 11 is 6.21. The largest absolute Gasteiger partial charge is 0.370 e. The van der Waals surface area contributed by atoms with Crippen LogP contribution in [-0.4, -0.2) is 11.5 Å². The van der Waals surface area contributed by atoms with Crippen LogP contribution in [0, 0.1) is 6.92 Å². The van der Waals surface area contributed by atoms with Crippen molar-refractivity contribution >= 4 is 28.8 Å². The molecule has 0 spiro atoms. The summed E-state index contributed by atoms with van der Waals surface area (Å²) in [4.78, 5) is 4.28. The number of nitrogens with zero attached hydrogens (tertiary/aromatic N) is 1. The van der Waals surface area contributed by atoms with Gasteiger partial charge in [-0.2, -0.15) is 0 Å². The molecule has 2 rings (SSSR count). The normalized spacial score (nSPS) is 10.3. The molecular formula is C15H18ClN3. The highest BCUT2D eigenvalue weighted by molar-refractivity contribution is 6.33. The van der Waals surface area contributed by atoms with Crippen molar-refractivity contribution in [3.63, 3.8) is 0 Å². The van der Waals surface area contributed by atoms with Gasteiger partial charge in [0.25, 0.3) is 0 Å². The third-order valence-electron chi connectivity index (χ3n) is 2.81. The van der Waals surface area contributed by atoms with E-state index in [-0.39, 0.29) is 0 Å². The van der Waals surface area contributed by atoms with E-state index in [4.69, 9.17) is 11.6 Å². The third-order valence-corrected chi connectivity index (χ3v) is 3.12. The zero-order chi connectivity index (χ0) is 13.7. The topological polar surface area (TPSA) is 37.0 Å². The van der Waals surface area contributed by atoms with Crippen molar-refractivity contribution in [3.8, 4) is 0 Å². The number of pyridine rings is 1. The van der Waals surface area contributed by atoms with Crippen LogP contribution < -0.4 is 10.6 Å². The second kappa shape index (κ2) is 6.43. The van der Waals surface area contributed by atoms with Gasteiger partial charge >= 0.3 is 0 Å². The van der Waals surface area contributed by atoms with Crippen LogP contribution >= 0.6 is 11.6 Å². The molecule has 100 valence electrons. The monoisotopic (exact) mass is 275 g/mol. The highest BCUT2D eigenvalue weighted by Crippen LogP contribution is 2.29. The molecule has 0 radical (unpaired) electrons. The van der Waals surface area contributed by atoms with Crippen molar-refractivity contribution in [2.45, 2.75) is 20.3 Å². The Balaban J connectivity index is 2.19. The molecular weight excluding hydrogens is 258 g/mol. The van der Waals surface area contributed by atoms with E-state index in [9.17, 15) is 0 Å². The number of aryl methyl sites for hydroxylation is 1. The lowest BCUT2D eigenvalue weighted by molar-refractivity contribution is 0.969. The number of nitrogens with one attached hydrogen (secondary N) is 2. The minimum atomic E-state index is 0.722. The van der Waals surface area contributed by atoms with E-state index in [0.29, 0.717) is 0 Å². The first-order chi connectivity index (χ1) is 9.20. The Hall–Kier alpha value is -1.74. The number of hydrogen-bond acceptors (Lipinski definition) is 3. The molecule has 19 heavy (non-hydrogen) atoms. The maximum atomic E-state index is 6.21. The lowest BCUT2D eigenvalue weighted by Crippen LogP contribution is -2.02. The summed E-state index contributed by atoms with van der Waals surface area (Å²) in [5.41, 5.74) is 3.04. The second-order valence-corrected chi connectivity index (χ2v) is 4.82. The Morgan fingerprint density at radius 1 is 1.26 bits per heavy atom. The number of aromatic nitrogens is 1. The fraction of sp³-hybridized carbons (Fsp3) is 0.267. The second-order valence-electron chi connectivity index (χ2n) is 4.41. The van der Waals surface area contributed by atoms with Gasteiger partial charge in [-0.25, -0.2) is 4.98 Å². The first-order valence-corrected chi connectivity index (χ1v) is 6.80. The van der Waals surface area contributed by atoms with Crippen LogP contribution in [0.25, 0.3) is 0 Å². The van der Waals surface area contributed by atoms with Gasteiger partial charge in [0.05, 0.1) is 10.7 Å². The first kappa shape index (κ1) is 13.7. The molecule has 1 aromatic carbocycles. The van der Waals surface area contributed by atoms with Crippen molar-refractivity contribution < 1.29 is 0 Å². The van der Waals surface area contributed by atoms with Gasteiger partial charge in [-0.1, -0.05) is 30.7 Å². The molecule has 1 heterocycles. The van der Waals surface area contributed by atoms with Gasteiger partial charge < -0.3 is 10.6 Å². The molecule has 0 atom stereocenters. The Morgan fingerprint density at radius 3 is 2.84 bits per heavy atom. The number of benzene rings is 1. The number of para-hydroxylation sites is 1. The molecule has 0 amide bonds. The zero-order valence-electron chi connectivity index (χ0n) is 11.2. The Bertz CT molecular complexity index is 535. The van der Waals surface area contributed by atoms with Crippen LogP contribution in [0.2, 0.25) is 5.02 Å². The molecule has 0 aliphatic carbocycles. The van der Waals surface area contributed by atoms with Gasteiger partial charge in [0, 0.05) is 24.5 Å². The van der Waals surface area contributed by atoms with Crippen molar-refractivity contribution in [2.75, 3.05) is 17.2 Å². The van der Waals surface area contributed by atoms with E-state index < -0.39 is 0 Å². The van der Waals surface area contributed by atoms with Gasteiger partial charge in [0.1, 0.15) is 5.82 Å². The SMILES string of the molecule is CCCNc1cc(Nc2c(C)cccc2Cl)ccn1. The van der Waals surface area contributed by atoms with Crippen LogP contribution in [0.1, 0.15) is 18.9 Å². The molecule has 4 heteroatoms. The molecule has 2 aromatic rings. The lowest BCUT2D eigenvalue weighted by atomic mass is 10.2. The molecule has 0 unspecified atom stereocenters. The molecule has 1 aromatic heterocycles. The number of rotatable bonds is 5. The minimum absolute atomic E-state index is 0.722. The maximum absolute atomic E-state index is 6.21. The van der Waals surface area contributed by atoms with E-state index in [1.54, 1.807) is 6.20 Å². The molecule has 0 saturated heterocycles. The third kappa shape index (κ3) is 3.61. The molecule has 0 aliphatic heterocycles. The summed E-state index contributed by atoms with van der Waals surface area (Å²) in [6.45, 7) is 5.08. The fourth-order valence-corrected chi connectivity index (χ4v) is 2.06. The number of hydrogen-bond donors (Lipinski definition) is 2. The summed E-state index contributed by atoms with van der Waals surface area (Å²) in [6.07, 6.45) is 2.86. The van der Waals surface area contributed by atoms with E-state index in [1.165, 1.54) is 0 Å². The number of anilines is 3. The van der Waals surface area contributed by atoms with Crippen molar-refractivity contribution in [1.82, 2.24) is 4.98 Å². The van der Waals surface area contributed by atoms with Crippen LogP contribution in [0.3, 0.4) is 0 Å². The average molecular weight is 276 g/mol. The molecule has 0 fully saturated rings. The number of halogens is 1. The predicted octanol–water partition coefficient (Wildman–Crippen LogP) is 4.61. The highest BCUT2D eigenvalue weighted by Gasteiger charge is 2.04. The van der Waals surface area contributed by atoms with E-state index in [1.807, 2.05) is 37.3 Å². The standard InChI is InChI=1S/C15H18ClN3/c1-3-8-17-14-10-12(7-9-18-14)19-15-11(2)5-4-6-13(15)16/h4-7,9-10H,3,8H2,1-2H3,(H2,17,18,19). The van der Waals surface area contributed by atoms with Gasteiger partial charge in [-0.05, 0) is 31.0 Å². The van der Waals surface area contributed by atoms with Crippen molar-refractivity contribution in [3.05, 3.63) is 47.1 Å². The molecule has 2 N–H and O–H groups in total. The van der Waals surface area contributed by atoms with E-state index in [2.05, 4.69) is 22.5 Å². The average Bonchev–Trinajstić information content (AvgIpc) is 2.41. The molecule has 0 aliphatic rings. The summed E-state index contributed by atoms with van der Waals surface area (Å²) in [7, 11) is 0. The molecule has 0 bridgehead atoms.